The molecule has 0 unspecified atom stereocenters. The van der Waals surface area contributed by atoms with Gasteiger partial charge in [0.25, 0.3) is 0 Å². The van der Waals surface area contributed by atoms with Gasteiger partial charge < -0.3 is 14.2 Å². The van der Waals surface area contributed by atoms with E-state index in [1.165, 1.54) is 6.39 Å². The smallest absolute Gasteiger partial charge is 0.181 e. The summed E-state index contributed by atoms with van der Waals surface area (Å²) < 4.78 is 11.2. The lowest BCUT2D eigenvalue weighted by Gasteiger charge is -2.07. The lowest BCUT2D eigenvalue weighted by Crippen LogP contribution is -2.22. The van der Waals surface area contributed by atoms with E-state index in [9.17, 15) is 0 Å². The zero-order chi connectivity index (χ0) is 13.3. The standard InChI is InChI=1S/C14H20N2O2/c1-8(2)15-6-12-14(17-7-16-12)13-9(3)10(4)18-11(13)5/h7-8,15H,6H2,1-5H3. The summed E-state index contributed by atoms with van der Waals surface area (Å²) >= 11 is 0. The van der Waals surface area contributed by atoms with E-state index < -0.39 is 0 Å². The third-order valence-corrected chi connectivity index (χ3v) is 3.11. The Bertz CT molecular complexity index is 538. The second-order valence-electron chi connectivity index (χ2n) is 4.88. The van der Waals surface area contributed by atoms with Crippen molar-refractivity contribution in [3.8, 4) is 11.3 Å². The highest BCUT2D eigenvalue weighted by Crippen LogP contribution is 2.33. The van der Waals surface area contributed by atoms with Crippen LogP contribution in [0.3, 0.4) is 0 Å². The number of nitrogens with one attached hydrogen (secondary N) is 1. The Morgan fingerprint density at radius 2 is 1.94 bits per heavy atom. The molecule has 1 N–H and O–H groups in total. The molecule has 0 saturated heterocycles. The van der Waals surface area contributed by atoms with Crippen molar-refractivity contribution in [2.75, 3.05) is 0 Å². The first-order valence-electron chi connectivity index (χ1n) is 6.23. The van der Waals surface area contributed by atoms with Crippen LogP contribution in [0.4, 0.5) is 0 Å². The van der Waals surface area contributed by atoms with Gasteiger partial charge in [-0.2, -0.15) is 0 Å². The summed E-state index contributed by atoms with van der Waals surface area (Å²) in [4.78, 5) is 4.29. The van der Waals surface area contributed by atoms with Gasteiger partial charge >= 0.3 is 0 Å². The van der Waals surface area contributed by atoms with Crippen LogP contribution in [0, 0.1) is 20.8 Å². The Morgan fingerprint density at radius 3 is 2.50 bits per heavy atom. The van der Waals surface area contributed by atoms with Gasteiger partial charge in [0.05, 0.1) is 5.56 Å². The molecule has 98 valence electrons. The molecule has 0 radical (unpaired) electrons. The van der Waals surface area contributed by atoms with Crippen molar-refractivity contribution in [1.29, 1.82) is 0 Å². The van der Waals surface area contributed by atoms with E-state index >= 15 is 0 Å². The fourth-order valence-corrected chi connectivity index (χ4v) is 2.03. The Balaban J connectivity index is 2.36. The van der Waals surface area contributed by atoms with Crippen LogP contribution < -0.4 is 5.32 Å². The van der Waals surface area contributed by atoms with Gasteiger partial charge in [-0.15, -0.1) is 0 Å². The zero-order valence-corrected chi connectivity index (χ0v) is 11.6. The molecule has 0 bridgehead atoms. The number of rotatable bonds is 4. The van der Waals surface area contributed by atoms with E-state index in [1.54, 1.807) is 0 Å². The van der Waals surface area contributed by atoms with Crippen molar-refractivity contribution in [3.63, 3.8) is 0 Å². The summed E-state index contributed by atoms with van der Waals surface area (Å²) in [6, 6.07) is 0.419. The maximum absolute atomic E-state index is 5.64. The summed E-state index contributed by atoms with van der Waals surface area (Å²) in [7, 11) is 0. The molecule has 0 atom stereocenters. The van der Waals surface area contributed by atoms with Gasteiger partial charge in [0, 0.05) is 18.2 Å². The van der Waals surface area contributed by atoms with Crippen LogP contribution in [-0.2, 0) is 6.54 Å². The molecule has 2 aromatic heterocycles. The van der Waals surface area contributed by atoms with Crippen molar-refractivity contribution in [1.82, 2.24) is 10.3 Å². The molecule has 0 aliphatic heterocycles. The largest absolute Gasteiger partial charge is 0.466 e. The fraction of sp³-hybridized carbons (Fsp3) is 0.500. The second kappa shape index (κ2) is 4.98. The van der Waals surface area contributed by atoms with E-state index in [0.29, 0.717) is 12.6 Å². The monoisotopic (exact) mass is 248 g/mol. The summed E-state index contributed by atoms with van der Waals surface area (Å²) in [5.41, 5.74) is 3.08. The van der Waals surface area contributed by atoms with Crippen molar-refractivity contribution in [3.05, 3.63) is 29.2 Å². The lowest BCUT2D eigenvalue weighted by atomic mass is 10.1. The molecule has 0 amide bonds. The number of furan rings is 1. The maximum atomic E-state index is 5.64. The van der Waals surface area contributed by atoms with E-state index in [-0.39, 0.29) is 0 Å². The predicted octanol–water partition coefficient (Wildman–Crippen LogP) is 3.36. The second-order valence-corrected chi connectivity index (χ2v) is 4.88. The summed E-state index contributed by atoms with van der Waals surface area (Å²) in [6.07, 6.45) is 1.49. The molecule has 0 aliphatic carbocycles. The third-order valence-electron chi connectivity index (χ3n) is 3.11. The number of aromatic nitrogens is 1. The van der Waals surface area contributed by atoms with Gasteiger partial charge in [-0.1, -0.05) is 13.8 Å². The first-order chi connectivity index (χ1) is 8.50. The molecular weight excluding hydrogens is 228 g/mol. The number of nitrogens with zero attached hydrogens (tertiary/aromatic N) is 1. The van der Waals surface area contributed by atoms with Crippen LogP contribution in [-0.4, -0.2) is 11.0 Å². The quantitative estimate of drug-likeness (QED) is 0.901. The number of hydrogen-bond donors (Lipinski definition) is 1. The predicted molar refractivity (Wildman–Crippen MR) is 70.4 cm³/mol. The molecule has 0 spiro atoms. The lowest BCUT2D eigenvalue weighted by molar-refractivity contribution is 0.501. The Hall–Kier alpha value is -1.55. The first kappa shape index (κ1) is 12.9. The summed E-state index contributed by atoms with van der Waals surface area (Å²) in [5, 5.41) is 3.35. The molecule has 2 heterocycles. The van der Waals surface area contributed by atoms with E-state index in [2.05, 4.69) is 24.1 Å². The first-order valence-corrected chi connectivity index (χ1v) is 6.23. The molecule has 4 heteroatoms. The topological polar surface area (TPSA) is 51.2 Å². The molecule has 0 fully saturated rings. The number of aryl methyl sites for hydroxylation is 2. The molecule has 4 nitrogen and oxygen atoms in total. The Labute approximate surface area is 107 Å². The van der Waals surface area contributed by atoms with Gasteiger partial charge in [-0.3, -0.25) is 0 Å². The summed E-state index contributed by atoms with van der Waals surface area (Å²) in [5.74, 6) is 2.63. The highest BCUT2D eigenvalue weighted by Gasteiger charge is 2.20. The van der Waals surface area contributed by atoms with Gasteiger partial charge in [0.15, 0.2) is 12.2 Å². The van der Waals surface area contributed by atoms with Crippen LogP contribution in [0.1, 0.15) is 36.6 Å². The minimum absolute atomic E-state index is 0.419. The van der Waals surface area contributed by atoms with Crippen molar-refractivity contribution >= 4 is 0 Å². The average Bonchev–Trinajstić information content (AvgIpc) is 2.82. The van der Waals surface area contributed by atoms with E-state index in [1.807, 2.05) is 20.8 Å². The Morgan fingerprint density at radius 1 is 1.22 bits per heavy atom. The Kier molecular flexibility index (Phi) is 3.57. The fourth-order valence-electron chi connectivity index (χ4n) is 2.03. The zero-order valence-electron chi connectivity index (χ0n) is 11.6. The van der Waals surface area contributed by atoms with E-state index in [4.69, 9.17) is 8.83 Å². The average molecular weight is 248 g/mol. The van der Waals surface area contributed by atoms with Crippen molar-refractivity contribution in [2.45, 2.75) is 47.2 Å². The third kappa shape index (κ3) is 2.34. The number of oxazole rings is 1. The summed E-state index contributed by atoms with van der Waals surface area (Å²) in [6.45, 7) is 10.9. The van der Waals surface area contributed by atoms with Crippen molar-refractivity contribution < 1.29 is 8.83 Å². The molecule has 0 aliphatic rings. The van der Waals surface area contributed by atoms with Crippen molar-refractivity contribution in [2.24, 2.45) is 0 Å². The molecule has 2 rings (SSSR count). The van der Waals surface area contributed by atoms with Gasteiger partial charge in [0.2, 0.25) is 0 Å². The van der Waals surface area contributed by atoms with Crippen LogP contribution in [0.15, 0.2) is 15.2 Å². The molecule has 2 aromatic rings. The SMILES string of the molecule is Cc1oc(C)c(-c2ocnc2CNC(C)C)c1C. The molecular formula is C14H20N2O2. The van der Waals surface area contributed by atoms with Crippen LogP contribution in [0.2, 0.25) is 0 Å². The van der Waals surface area contributed by atoms with Gasteiger partial charge in [0.1, 0.15) is 17.2 Å². The number of hydrogen-bond acceptors (Lipinski definition) is 4. The highest BCUT2D eigenvalue weighted by atomic mass is 16.4. The van der Waals surface area contributed by atoms with Gasteiger partial charge in [-0.25, -0.2) is 4.98 Å². The van der Waals surface area contributed by atoms with Crippen LogP contribution in [0.5, 0.6) is 0 Å². The maximum Gasteiger partial charge on any atom is 0.181 e. The normalized spacial score (nSPS) is 11.4. The van der Waals surface area contributed by atoms with Gasteiger partial charge in [-0.05, 0) is 20.8 Å². The molecule has 0 saturated carbocycles. The minimum Gasteiger partial charge on any atom is -0.466 e. The van der Waals surface area contributed by atoms with Crippen LogP contribution in [0.25, 0.3) is 11.3 Å². The molecule has 18 heavy (non-hydrogen) atoms. The van der Waals surface area contributed by atoms with E-state index in [0.717, 1.165) is 34.1 Å². The highest BCUT2D eigenvalue weighted by molar-refractivity contribution is 5.67. The minimum atomic E-state index is 0.419. The van der Waals surface area contributed by atoms with Crippen LogP contribution >= 0.6 is 0 Å². The molecule has 0 aromatic carbocycles.